The number of hydrogen-bond donors (Lipinski definition) is 1. The smallest absolute Gasteiger partial charge is 0.115 e. The van der Waals surface area contributed by atoms with Crippen molar-refractivity contribution >= 4 is 11.0 Å². The molecule has 108 valence electrons. The molecule has 1 fully saturated rings. The van der Waals surface area contributed by atoms with Crippen molar-refractivity contribution < 1.29 is 4.74 Å². The number of nitrogens with one attached hydrogen (secondary N) is 1. The molecule has 4 nitrogen and oxygen atoms in total. The van der Waals surface area contributed by atoms with Gasteiger partial charge in [-0.2, -0.15) is 0 Å². The Bertz CT molecular complexity index is 618. The number of nitrogens with zero attached hydrogens (tertiary/aromatic N) is 2. The fraction of sp³-hybridized carbons (Fsp3) is 0.562. The third-order valence-corrected chi connectivity index (χ3v) is 3.88. The van der Waals surface area contributed by atoms with E-state index in [2.05, 4.69) is 55.9 Å². The van der Waals surface area contributed by atoms with Gasteiger partial charge in [-0.3, -0.25) is 0 Å². The van der Waals surface area contributed by atoms with Crippen molar-refractivity contribution in [3.63, 3.8) is 0 Å². The van der Waals surface area contributed by atoms with Gasteiger partial charge in [-0.1, -0.05) is 26.8 Å². The number of hydrogen-bond acceptors (Lipinski definition) is 3. The van der Waals surface area contributed by atoms with Crippen LogP contribution >= 0.6 is 0 Å². The summed E-state index contributed by atoms with van der Waals surface area (Å²) >= 11 is 0. The van der Waals surface area contributed by atoms with Crippen molar-refractivity contribution in [2.75, 3.05) is 19.7 Å². The lowest BCUT2D eigenvalue weighted by Gasteiger charge is -2.23. The number of fused-ring (bicyclic) bond motifs is 1. The van der Waals surface area contributed by atoms with Crippen LogP contribution in [0.2, 0.25) is 0 Å². The van der Waals surface area contributed by atoms with Gasteiger partial charge in [-0.15, -0.1) is 0 Å². The predicted octanol–water partition coefficient (Wildman–Crippen LogP) is 2.53. The van der Waals surface area contributed by atoms with E-state index in [0.717, 1.165) is 31.0 Å². The van der Waals surface area contributed by atoms with Gasteiger partial charge in [0.05, 0.1) is 23.7 Å². The summed E-state index contributed by atoms with van der Waals surface area (Å²) in [6, 6.07) is 6.49. The summed E-state index contributed by atoms with van der Waals surface area (Å²) in [6.45, 7) is 9.19. The number of rotatable bonds is 1. The summed E-state index contributed by atoms with van der Waals surface area (Å²) in [6.07, 6.45) is 0.147. The van der Waals surface area contributed by atoms with Crippen LogP contribution in [0.4, 0.5) is 0 Å². The first-order valence-corrected chi connectivity index (χ1v) is 7.26. The Morgan fingerprint density at radius 1 is 1.35 bits per heavy atom. The van der Waals surface area contributed by atoms with Crippen molar-refractivity contribution in [3.8, 4) is 0 Å². The second kappa shape index (κ2) is 4.86. The fourth-order valence-corrected chi connectivity index (χ4v) is 2.87. The van der Waals surface area contributed by atoms with E-state index in [0.29, 0.717) is 0 Å². The number of ether oxygens (including phenoxy) is 1. The molecule has 1 N–H and O–H groups in total. The Morgan fingerprint density at radius 3 is 2.80 bits per heavy atom. The number of aromatic nitrogens is 2. The third-order valence-electron chi connectivity index (χ3n) is 3.88. The molecule has 1 aromatic carbocycles. The molecule has 0 aliphatic carbocycles. The zero-order chi connectivity index (χ0) is 14.3. The number of benzene rings is 1. The third kappa shape index (κ3) is 2.34. The van der Waals surface area contributed by atoms with Crippen LogP contribution in [-0.4, -0.2) is 29.2 Å². The first-order chi connectivity index (χ1) is 9.47. The van der Waals surface area contributed by atoms with Gasteiger partial charge in [0.1, 0.15) is 5.82 Å². The molecule has 1 saturated heterocycles. The molecule has 3 rings (SSSR count). The summed E-state index contributed by atoms with van der Waals surface area (Å²) in [5.41, 5.74) is 3.51. The second-order valence-electron chi connectivity index (χ2n) is 6.56. The predicted molar refractivity (Wildman–Crippen MR) is 81.0 cm³/mol. The van der Waals surface area contributed by atoms with Crippen LogP contribution in [-0.2, 0) is 17.2 Å². The van der Waals surface area contributed by atoms with E-state index in [1.807, 2.05) is 0 Å². The summed E-state index contributed by atoms with van der Waals surface area (Å²) in [7, 11) is 2.09. The van der Waals surface area contributed by atoms with Gasteiger partial charge in [0, 0.05) is 25.6 Å². The Balaban J connectivity index is 2.03. The van der Waals surface area contributed by atoms with Crippen molar-refractivity contribution in [2.45, 2.75) is 32.3 Å². The van der Waals surface area contributed by atoms with Crippen LogP contribution in [0.15, 0.2) is 18.2 Å². The van der Waals surface area contributed by atoms with E-state index in [4.69, 9.17) is 9.72 Å². The van der Waals surface area contributed by atoms with Crippen LogP contribution in [0.1, 0.15) is 38.3 Å². The Hall–Kier alpha value is -1.39. The lowest BCUT2D eigenvalue weighted by Crippen LogP contribution is -2.33. The summed E-state index contributed by atoms with van der Waals surface area (Å²) in [4.78, 5) is 4.83. The highest BCUT2D eigenvalue weighted by Crippen LogP contribution is 2.28. The molecule has 1 aliphatic rings. The highest BCUT2D eigenvalue weighted by Gasteiger charge is 2.22. The maximum Gasteiger partial charge on any atom is 0.115 e. The Kier molecular flexibility index (Phi) is 3.30. The average Bonchev–Trinajstić information content (AvgIpc) is 2.77. The summed E-state index contributed by atoms with van der Waals surface area (Å²) in [5, 5.41) is 3.37. The minimum atomic E-state index is 0.0524. The maximum absolute atomic E-state index is 5.82. The van der Waals surface area contributed by atoms with Gasteiger partial charge in [-0.05, 0) is 17.7 Å². The van der Waals surface area contributed by atoms with Crippen LogP contribution in [0.25, 0.3) is 11.0 Å². The molecule has 0 spiro atoms. The van der Waals surface area contributed by atoms with Crippen molar-refractivity contribution in [1.29, 1.82) is 0 Å². The Morgan fingerprint density at radius 2 is 2.15 bits per heavy atom. The van der Waals surface area contributed by atoms with Gasteiger partial charge in [-0.25, -0.2) is 4.98 Å². The van der Waals surface area contributed by atoms with E-state index < -0.39 is 0 Å². The zero-order valence-electron chi connectivity index (χ0n) is 12.7. The Labute approximate surface area is 120 Å². The average molecular weight is 273 g/mol. The molecule has 1 aliphatic heterocycles. The van der Waals surface area contributed by atoms with Crippen LogP contribution in [0.5, 0.6) is 0 Å². The SMILES string of the molecule is Cn1c(C(C)(C)C)nc2cc(C3CNCCO3)ccc21. The van der Waals surface area contributed by atoms with Gasteiger partial charge in [0.15, 0.2) is 0 Å². The fourth-order valence-electron chi connectivity index (χ4n) is 2.87. The maximum atomic E-state index is 5.82. The molecule has 0 radical (unpaired) electrons. The largest absolute Gasteiger partial charge is 0.371 e. The van der Waals surface area contributed by atoms with Gasteiger partial charge < -0.3 is 14.6 Å². The van der Waals surface area contributed by atoms with Gasteiger partial charge in [0.25, 0.3) is 0 Å². The van der Waals surface area contributed by atoms with Crippen LogP contribution in [0.3, 0.4) is 0 Å². The van der Waals surface area contributed by atoms with E-state index in [9.17, 15) is 0 Å². The summed E-state index contributed by atoms with van der Waals surface area (Å²) in [5.74, 6) is 1.12. The first kappa shape index (κ1) is 13.6. The molecule has 0 bridgehead atoms. The first-order valence-electron chi connectivity index (χ1n) is 7.26. The van der Waals surface area contributed by atoms with Gasteiger partial charge in [0.2, 0.25) is 0 Å². The normalized spacial score (nSPS) is 20.5. The number of aryl methyl sites for hydroxylation is 1. The molecular formula is C16H23N3O. The summed E-state index contributed by atoms with van der Waals surface area (Å²) < 4.78 is 8.01. The molecule has 4 heteroatoms. The lowest BCUT2D eigenvalue weighted by molar-refractivity contribution is 0.0278. The molecule has 2 heterocycles. The molecule has 1 unspecified atom stereocenters. The van der Waals surface area contributed by atoms with Crippen LogP contribution in [0, 0.1) is 0 Å². The minimum absolute atomic E-state index is 0.0524. The van der Waals surface area contributed by atoms with Gasteiger partial charge >= 0.3 is 0 Å². The van der Waals surface area contributed by atoms with E-state index >= 15 is 0 Å². The molecular weight excluding hydrogens is 250 g/mol. The minimum Gasteiger partial charge on any atom is -0.371 e. The molecule has 2 aromatic rings. The van der Waals surface area contributed by atoms with Crippen molar-refractivity contribution in [2.24, 2.45) is 7.05 Å². The molecule has 0 amide bonds. The van der Waals surface area contributed by atoms with E-state index in [-0.39, 0.29) is 11.5 Å². The monoisotopic (exact) mass is 273 g/mol. The topological polar surface area (TPSA) is 39.1 Å². The molecule has 1 aromatic heterocycles. The van der Waals surface area contributed by atoms with E-state index in [1.165, 1.54) is 11.1 Å². The second-order valence-corrected chi connectivity index (χ2v) is 6.56. The molecule has 0 saturated carbocycles. The van der Waals surface area contributed by atoms with Crippen molar-refractivity contribution in [1.82, 2.24) is 14.9 Å². The van der Waals surface area contributed by atoms with Crippen LogP contribution < -0.4 is 5.32 Å². The highest BCUT2D eigenvalue weighted by atomic mass is 16.5. The van der Waals surface area contributed by atoms with E-state index in [1.54, 1.807) is 0 Å². The zero-order valence-corrected chi connectivity index (χ0v) is 12.7. The molecule has 20 heavy (non-hydrogen) atoms. The standard InChI is InChI=1S/C16H23N3O/c1-16(2,3)15-18-12-9-11(5-6-13(12)19(15)4)14-10-17-7-8-20-14/h5-6,9,14,17H,7-8,10H2,1-4H3. The van der Waals surface area contributed by atoms with Crippen molar-refractivity contribution in [3.05, 3.63) is 29.6 Å². The quantitative estimate of drug-likeness (QED) is 0.868. The molecule has 1 atom stereocenters. The highest BCUT2D eigenvalue weighted by molar-refractivity contribution is 5.77. The number of morpholine rings is 1. The lowest BCUT2D eigenvalue weighted by atomic mass is 9.96. The number of imidazole rings is 1.